The Morgan fingerprint density at radius 3 is 2.45 bits per heavy atom. The number of aryl methyl sites for hydroxylation is 2. The molecular weight excluding hydrogens is 298 g/mol. The molecule has 1 aromatic carbocycles. The first kappa shape index (κ1) is 16.9. The summed E-state index contributed by atoms with van der Waals surface area (Å²) in [5.74, 6) is 0.0119. The van der Waals surface area contributed by atoms with Gasteiger partial charge in [-0.1, -0.05) is 6.07 Å². The minimum Gasteiger partial charge on any atom is -0.332 e. The second-order valence-corrected chi connectivity index (χ2v) is 8.07. The summed E-state index contributed by atoms with van der Waals surface area (Å²) in [6.07, 6.45) is 0. The van der Waals surface area contributed by atoms with Crippen LogP contribution in [0.5, 0.6) is 0 Å². The lowest BCUT2D eigenvalue weighted by Crippen LogP contribution is -3.15. The zero-order valence-electron chi connectivity index (χ0n) is 13.5. The van der Waals surface area contributed by atoms with Gasteiger partial charge in [-0.05, 0) is 44.0 Å². The minimum atomic E-state index is -3.40. The van der Waals surface area contributed by atoms with Gasteiger partial charge in [0.2, 0.25) is 10.0 Å². The molecule has 0 amide bonds. The lowest BCUT2D eigenvalue weighted by Gasteiger charge is -2.32. The number of hydrogen-bond donors (Lipinski definition) is 1. The number of sulfonamides is 1. The van der Waals surface area contributed by atoms with Crippen LogP contribution in [0.15, 0.2) is 23.1 Å². The number of nitrogens with zero attached hydrogens (tertiary/aromatic N) is 2. The maximum atomic E-state index is 12.7. The number of benzene rings is 1. The summed E-state index contributed by atoms with van der Waals surface area (Å²) >= 11 is 0. The highest BCUT2D eigenvalue weighted by Crippen LogP contribution is 2.19. The number of hydrogen-bond acceptors (Lipinski definition) is 3. The van der Waals surface area contributed by atoms with Crippen LogP contribution in [-0.4, -0.2) is 45.4 Å². The number of rotatable bonds is 4. The zero-order chi connectivity index (χ0) is 16.3. The van der Waals surface area contributed by atoms with Crippen molar-refractivity contribution in [1.29, 1.82) is 5.26 Å². The standard InChI is InChI=1S/C16H23N3O2S/c1-13(11-17)12-18-6-8-19(9-7-18)22(20,21)16-5-4-14(2)15(3)10-16/h4-5,10,13H,6-9,12H2,1-3H3/p+1/t13-/m1/s1. The largest absolute Gasteiger partial charge is 0.332 e. The summed E-state index contributed by atoms with van der Waals surface area (Å²) in [6.45, 7) is 9.15. The van der Waals surface area contributed by atoms with Gasteiger partial charge in [0.1, 0.15) is 0 Å². The second-order valence-electron chi connectivity index (χ2n) is 6.13. The first-order valence-corrected chi connectivity index (χ1v) is 9.09. The van der Waals surface area contributed by atoms with Gasteiger partial charge >= 0.3 is 0 Å². The number of nitriles is 1. The van der Waals surface area contributed by atoms with Crippen LogP contribution < -0.4 is 4.90 Å². The number of piperazine rings is 1. The molecule has 1 aromatic rings. The molecule has 6 heteroatoms. The molecule has 1 fully saturated rings. The van der Waals surface area contributed by atoms with Gasteiger partial charge in [0.05, 0.1) is 49.6 Å². The van der Waals surface area contributed by atoms with Crippen LogP contribution in [0.2, 0.25) is 0 Å². The van der Waals surface area contributed by atoms with Crippen molar-refractivity contribution in [2.45, 2.75) is 25.7 Å². The van der Waals surface area contributed by atoms with E-state index in [4.69, 9.17) is 5.26 Å². The summed E-state index contributed by atoms with van der Waals surface area (Å²) in [6, 6.07) is 7.54. The van der Waals surface area contributed by atoms with Crippen LogP contribution in [0.3, 0.4) is 0 Å². The molecule has 0 saturated carbocycles. The highest BCUT2D eigenvalue weighted by atomic mass is 32.2. The molecule has 1 N–H and O–H groups in total. The van der Waals surface area contributed by atoms with Crippen molar-refractivity contribution in [2.24, 2.45) is 5.92 Å². The first-order valence-electron chi connectivity index (χ1n) is 7.65. The minimum absolute atomic E-state index is 0.0119. The normalized spacial score (nSPS) is 18.8. The van der Waals surface area contributed by atoms with Gasteiger partial charge in [-0.25, -0.2) is 8.42 Å². The van der Waals surface area contributed by atoms with E-state index in [1.807, 2.05) is 26.8 Å². The lowest BCUT2D eigenvalue weighted by atomic mass is 10.1. The average molecular weight is 322 g/mol. The van der Waals surface area contributed by atoms with Gasteiger partial charge in [0, 0.05) is 0 Å². The maximum Gasteiger partial charge on any atom is 0.243 e. The van der Waals surface area contributed by atoms with Crippen molar-refractivity contribution in [1.82, 2.24) is 4.31 Å². The number of quaternary nitrogens is 1. The quantitative estimate of drug-likeness (QED) is 0.870. The maximum absolute atomic E-state index is 12.7. The van der Waals surface area contributed by atoms with Crippen molar-refractivity contribution in [3.8, 4) is 6.07 Å². The van der Waals surface area contributed by atoms with E-state index in [1.165, 1.54) is 4.90 Å². The Hall–Kier alpha value is -1.42. The molecule has 22 heavy (non-hydrogen) atoms. The van der Waals surface area contributed by atoms with E-state index in [0.717, 1.165) is 30.8 Å². The molecule has 120 valence electrons. The lowest BCUT2D eigenvalue weighted by molar-refractivity contribution is -0.905. The smallest absolute Gasteiger partial charge is 0.243 e. The SMILES string of the molecule is Cc1ccc(S(=O)(=O)N2CC[NH+](C[C@H](C)C#N)CC2)cc1C. The molecule has 5 nitrogen and oxygen atoms in total. The Bertz CT molecular complexity index is 671. The molecule has 1 saturated heterocycles. The van der Waals surface area contributed by atoms with E-state index in [1.54, 1.807) is 16.4 Å². The van der Waals surface area contributed by atoms with Gasteiger partial charge in [-0.2, -0.15) is 9.57 Å². The Morgan fingerprint density at radius 1 is 1.27 bits per heavy atom. The molecule has 1 aliphatic heterocycles. The molecule has 0 aromatic heterocycles. The molecule has 0 radical (unpaired) electrons. The molecule has 0 bridgehead atoms. The number of nitrogens with one attached hydrogen (secondary N) is 1. The summed E-state index contributed by atoms with van der Waals surface area (Å²) in [5, 5.41) is 8.87. The second kappa shape index (κ2) is 6.78. The topological polar surface area (TPSA) is 65.6 Å². The van der Waals surface area contributed by atoms with Crippen molar-refractivity contribution >= 4 is 10.0 Å². The molecule has 0 aliphatic carbocycles. The summed E-state index contributed by atoms with van der Waals surface area (Å²) in [4.78, 5) is 1.69. The van der Waals surface area contributed by atoms with E-state index in [0.29, 0.717) is 18.0 Å². The Morgan fingerprint density at radius 2 is 1.91 bits per heavy atom. The Balaban J connectivity index is 2.06. The molecular formula is C16H24N3O2S+. The van der Waals surface area contributed by atoms with Crippen molar-refractivity contribution < 1.29 is 13.3 Å². The molecule has 1 heterocycles. The van der Waals surface area contributed by atoms with Crippen LogP contribution in [0.25, 0.3) is 0 Å². The van der Waals surface area contributed by atoms with Gasteiger partial charge in [0.15, 0.2) is 0 Å². The Labute approximate surface area is 133 Å². The van der Waals surface area contributed by atoms with Crippen molar-refractivity contribution in [3.05, 3.63) is 29.3 Å². The predicted molar refractivity (Wildman–Crippen MR) is 85.0 cm³/mol. The van der Waals surface area contributed by atoms with Gasteiger partial charge in [-0.15, -0.1) is 0 Å². The third kappa shape index (κ3) is 3.67. The fourth-order valence-electron chi connectivity index (χ4n) is 2.75. The van der Waals surface area contributed by atoms with Crippen LogP contribution in [0.4, 0.5) is 0 Å². The first-order chi connectivity index (χ1) is 10.3. The summed E-state index contributed by atoms with van der Waals surface area (Å²) in [5.41, 5.74) is 2.09. The summed E-state index contributed by atoms with van der Waals surface area (Å²) in [7, 11) is -3.40. The molecule has 0 spiro atoms. The van der Waals surface area contributed by atoms with Gasteiger partial charge in [0.25, 0.3) is 0 Å². The van der Waals surface area contributed by atoms with Gasteiger partial charge in [-0.3, -0.25) is 0 Å². The molecule has 2 rings (SSSR count). The highest BCUT2D eigenvalue weighted by molar-refractivity contribution is 7.89. The zero-order valence-corrected chi connectivity index (χ0v) is 14.3. The fraction of sp³-hybridized carbons (Fsp3) is 0.562. The third-order valence-electron chi connectivity index (χ3n) is 4.36. The van der Waals surface area contributed by atoms with E-state index in [9.17, 15) is 8.42 Å². The van der Waals surface area contributed by atoms with E-state index in [-0.39, 0.29) is 5.92 Å². The van der Waals surface area contributed by atoms with E-state index < -0.39 is 10.0 Å². The van der Waals surface area contributed by atoms with Crippen LogP contribution in [0, 0.1) is 31.1 Å². The van der Waals surface area contributed by atoms with Crippen molar-refractivity contribution in [2.75, 3.05) is 32.7 Å². The predicted octanol–water partition coefficient (Wildman–Crippen LogP) is 0.352. The van der Waals surface area contributed by atoms with Crippen LogP contribution >= 0.6 is 0 Å². The monoisotopic (exact) mass is 322 g/mol. The van der Waals surface area contributed by atoms with Crippen LogP contribution in [0.1, 0.15) is 18.1 Å². The van der Waals surface area contributed by atoms with Crippen molar-refractivity contribution in [3.63, 3.8) is 0 Å². The average Bonchev–Trinajstić information content (AvgIpc) is 2.50. The third-order valence-corrected chi connectivity index (χ3v) is 6.26. The molecule has 1 aliphatic rings. The van der Waals surface area contributed by atoms with Crippen LogP contribution in [-0.2, 0) is 10.0 Å². The molecule has 0 unspecified atom stereocenters. The molecule has 1 atom stereocenters. The van der Waals surface area contributed by atoms with E-state index in [2.05, 4.69) is 6.07 Å². The Kier molecular flexibility index (Phi) is 5.22. The highest BCUT2D eigenvalue weighted by Gasteiger charge is 2.30. The van der Waals surface area contributed by atoms with Gasteiger partial charge < -0.3 is 4.90 Å². The fourth-order valence-corrected chi connectivity index (χ4v) is 4.28. The summed E-state index contributed by atoms with van der Waals surface area (Å²) < 4.78 is 27.0. The van der Waals surface area contributed by atoms with E-state index >= 15 is 0 Å².